The summed E-state index contributed by atoms with van der Waals surface area (Å²) in [5.74, 6) is -0.498. The summed E-state index contributed by atoms with van der Waals surface area (Å²) in [6.07, 6.45) is -4.29. The van der Waals surface area contributed by atoms with E-state index in [4.69, 9.17) is 5.73 Å². The summed E-state index contributed by atoms with van der Waals surface area (Å²) in [5.41, 5.74) is 5.26. The highest BCUT2D eigenvalue weighted by atomic mass is 19.4. The van der Waals surface area contributed by atoms with E-state index in [0.29, 0.717) is 11.3 Å². The predicted octanol–water partition coefficient (Wildman–Crippen LogP) is 2.30. The number of alkyl halides is 3. The summed E-state index contributed by atoms with van der Waals surface area (Å²) in [5, 5.41) is 2.76. The van der Waals surface area contributed by atoms with E-state index < -0.39 is 17.6 Å². The van der Waals surface area contributed by atoms with Gasteiger partial charge in [-0.1, -0.05) is 6.07 Å². The number of nitrogens with one attached hydrogen (secondary N) is 1. The van der Waals surface area contributed by atoms with Gasteiger partial charge >= 0.3 is 6.18 Å². The van der Waals surface area contributed by atoms with E-state index >= 15 is 0 Å². The monoisotopic (exact) mass is 246 g/mol. The molecule has 0 unspecified atom stereocenters. The highest BCUT2D eigenvalue weighted by Gasteiger charge is 2.30. The minimum absolute atomic E-state index is 0.0791. The van der Waals surface area contributed by atoms with Crippen LogP contribution < -0.4 is 11.1 Å². The molecule has 0 radical (unpaired) electrons. The zero-order valence-electron chi connectivity index (χ0n) is 9.27. The number of aryl methyl sites for hydroxylation is 1. The van der Waals surface area contributed by atoms with Crippen LogP contribution in [0.15, 0.2) is 18.2 Å². The predicted molar refractivity (Wildman–Crippen MR) is 58.5 cm³/mol. The molecule has 0 spiro atoms. The number of carbonyl (C=O) groups excluding carboxylic acids is 1. The van der Waals surface area contributed by atoms with E-state index in [2.05, 4.69) is 5.32 Å². The van der Waals surface area contributed by atoms with Crippen molar-refractivity contribution in [3.63, 3.8) is 0 Å². The van der Waals surface area contributed by atoms with Crippen molar-refractivity contribution in [3.05, 3.63) is 29.3 Å². The lowest BCUT2D eigenvalue weighted by Gasteiger charge is -2.12. The van der Waals surface area contributed by atoms with Crippen LogP contribution in [0.2, 0.25) is 0 Å². The number of halogens is 3. The van der Waals surface area contributed by atoms with E-state index in [-0.39, 0.29) is 13.0 Å². The van der Waals surface area contributed by atoms with Crippen LogP contribution in [0.4, 0.5) is 18.9 Å². The summed E-state index contributed by atoms with van der Waals surface area (Å²) >= 11 is 0. The van der Waals surface area contributed by atoms with Gasteiger partial charge in [-0.2, -0.15) is 13.2 Å². The van der Waals surface area contributed by atoms with E-state index in [9.17, 15) is 18.0 Å². The third kappa shape index (κ3) is 3.97. The second-order valence-corrected chi connectivity index (χ2v) is 3.67. The molecule has 1 aromatic carbocycles. The van der Waals surface area contributed by atoms with Crippen molar-refractivity contribution in [2.24, 2.45) is 5.73 Å². The van der Waals surface area contributed by atoms with Gasteiger partial charge in [-0.15, -0.1) is 0 Å². The minimum Gasteiger partial charge on any atom is -0.384 e. The molecule has 3 N–H and O–H groups in total. The number of hydrogen-bond donors (Lipinski definition) is 2. The molecule has 1 amide bonds. The number of anilines is 1. The summed E-state index contributed by atoms with van der Waals surface area (Å²) in [6, 6.07) is 3.43. The lowest BCUT2D eigenvalue weighted by atomic mass is 10.1. The van der Waals surface area contributed by atoms with Gasteiger partial charge in [0.05, 0.1) is 5.56 Å². The Morgan fingerprint density at radius 3 is 2.59 bits per heavy atom. The van der Waals surface area contributed by atoms with Crippen molar-refractivity contribution in [1.29, 1.82) is 0 Å². The normalized spacial score (nSPS) is 11.3. The first-order valence-corrected chi connectivity index (χ1v) is 5.00. The molecule has 3 nitrogen and oxygen atoms in total. The Labute approximate surface area is 96.8 Å². The standard InChI is InChI=1S/C11H13F3N2O/c1-7-2-3-8(11(12,13)14)6-9(7)16-5-4-10(15)17/h2-3,6,16H,4-5H2,1H3,(H2,15,17). The number of benzene rings is 1. The Balaban J connectivity index is 2.80. The lowest BCUT2D eigenvalue weighted by molar-refractivity contribution is -0.137. The molecule has 0 aromatic heterocycles. The van der Waals surface area contributed by atoms with Crippen molar-refractivity contribution in [2.75, 3.05) is 11.9 Å². The number of carbonyl (C=O) groups is 1. The maximum Gasteiger partial charge on any atom is 0.416 e. The van der Waals surface area contributed by atoms with Crippen LogP contribution in [-0.4, -0.2) is 12.5 Å². The average Bonchev–Trinajstić information content (AvgIpc) is 2.18. The molecular formula is C11H13F3N2O. The fraction of sp³-hybridized carbons (Fsp3) is 0.364. The lowest BCUT2D eigenvalue weighted by Crippen LogP contribution is -2.16. The van der Waals surface area contributed by atoms with Crippen LogP contribution in [0, 0.1) is 6.92 Å². The van der Waals surface area contributed by atoms with Gasteiger partial charge in [0, 0.05) is 18.7 Å². The molecule has 94 valence electrons. The van der Waals surface area contributed by atoms with Gasteiger partial charge in [0.1, 0.15) is 0 Å². The topological polar surface area (TPSA) is 55.1 Å². The molecule has 0 heterocycles. The summed E-state index contributed by atoms with van der Waals surface area (Å²) in [4.78, 5) is 10.5. The van der Waals surface area contributed by atoms with E-state index in [1.54, 1.807) is 6.92 Å². The van der Waals surface area contributed by atoms with Gasteiger partial charge in [0.25, 0.3) is 0 Å². The van der Waals surface area contributed by atoms with Crippen LogP contribution in [0.3, 0.4) is 0 Å². The molecule has 0 aliphatic heterocycles. The molecule has 0 aliphatic carbocycles. The van der Waals surface area contributed by atoms with Crippen molar-refractivity contribution >= 4 is 11.6 Å². The van der Waals surface area contributed by atoms with Crippen LogP contribution >= 0.6 is 0 Å². The Morgan fingerprint density at radius 2 is 2.06 bits per heavy atom. The molecule has 6 heteroatoms. The van der Waals surface area contributed by atoms with E-state index in [0.717, 1.165) is 12.1 Å². The Kier molecular flexibility index (Phi) is 3.98. The second-order valence-electron chi connectivity index (χ2n) is 3.67. The number of rotatable bonds is 4. The quantitative estimate of drug-likeness (QED) is 0.856. The largest absolute Gasteiger partial charge is 0.416 e. The van der Waals surface area contributed by atoms with Crippen molar-refractivity contribution < 1.29 is 18.0 Å². The molecule has 0 saturated heterocycles. The third-order valence-electron chi connectivity index (χ3n) is 2.25. The summed E-state index contributed by atoms with van der Waals surface area (Å²) < 4.78 is 37.3. The van der Waals surface area contributed by atoms with Gasteiger partial charge in [-0.05, 0) is 24.6 Å². The molecule has 0 saturated carbocycles. The number of amides is 1. The third-order valence-corrected chi connectivity index (χ3v) is 2.25. The van der Waals surface area contributed by atoms with Gasteiger partial charge in [0.15, 0.2) is 0 Å². The van der Waals surface area contributed by atoms with Crippen LogP contribution in [0.5, 0.6) is 0 Å². The Hall–Kier alpha value is -1.72. The van der Waals surface area contributed by atoms with Gasteiger partial charge < -0.3 is 11.1 Å². The first-order valence-electron chi connectivity index (χ1n) is 5.00. The van der Waals surface area contributed by atoms with Crippen molar-refractivity contribution in [2.45, 2.75) is 19.5 Å². The van der Waals surface area contributed by atoms with E-state index in [1.807, 2.05) is 0 Å². The zero-order chi connectivity index (χ0) is 13.1. The summed E-state index contributed by atoms with van der Waals surface area (Å²) in [7, 11) is 0. The molecule has 1 rings (SSSR count). The van der Waals surface area contributed by atoms with Crippen LogP contribution in [0.25, 0.3) is 0 Å². The molecular weight excluding hydrogens is 233 g/mol. The number of hydrogen-bond acceptors (Lipinski definition) is 2. The smallest absolute Gasteiger partial charge is 0.384 e. The second kappa shape index (κ2) is 5.07. The molecule has 0 bridgehead atoms. The summed E-state index contributed by atoms with van der Waals surface area (Å²) in [6.45, 7) is 1.91. The van der Waals surface area contributed by atoms with Crippen LogP contribution in [-0.2, 0) is 11.0 Å². The maximum atomic E-state index is 12.4. The van der Waals surface area contributed by atoms with Gasteiger partial charge in [-0.25, -0.2) is 0 Å². The van der Waals surface area contributed by atoms with Crippen LogP contribution in [0.1, 0.15) is 17.5 Å². The Morgan fingerprint density at radius 1 is 1.41 bits per heavy atom. The van der Waals surface area contributed by atoms with Gasteiger partial charge in [0.2, 0.25) is 5.91 Å². The van der Waals surface area contributed by atoms with E-state index in [1.165, 1.54) is 6.07 Å². The fourth-order valence-electron chi connectivity index (χ4n) is 1.31. The first-order chi connectivity index (χ1) is 7.80. The molecule has 0 fully saturated rings. The minimum atomic E-state index is -4.37. The molecule has 17 heavy (non-hydrogen) atoms. The van der Waals surface area contributed by atoms with Gasteiger partial charge in [-0.3, -0.25) is 4.79 Å². The van der Waals surface area contributed by atoms with Crippen molar-refractivity contribution in [1.82, 2.24) is 0 Å². The highest BCUT2D eigenvalue weighted by molar-refractivity contribution is 5.74. The Bertz CT molecular complexity index is 416. The average molecular weight is 246 g/mol. The highest BCUT2D eigenvalue weighted by Crippen LogP contribution is 2.31. The number of primary amides is 1. The molecule has 0 atom stereocenters. The zero-order valence-corrected chi connectivity index (χ0v) is 9.27. The molecule has 1 aromatic rings. The molecule has 0 aliphatic rings. The van der Waals surface area contributed by atoms with Crippen molar-refractivity contribution in [3.8, 4) is 0 Å². The SMILES string of the molecule is Cc1ccc(C(F)(F)F)cc1NCCC(N)=O. The fourth-order valence-corrected chi connectivity index (χ4v) is 1.31. The number of nitrogens with two attached hydrogens (primary N) is 1. The first kappa shape index (κ1) is 13.3. The maximum absolute atomic E-state index is 12.4.